The number of amides is 1. The van der Waals surface area contributed by atoms with Crippen molar-refractivity contribution >= 4 is 29.2 Å². The molecule has 0 radical (unpaired) electrons. The maximum atomic E-state index is 12.1. The van der Waals surface area contributed by atoms with Crippen LogP contribution >= 0.6 is 11.3 Å². The first-order valence-electron chi connectivity index (χ1n) is 11.3. The molecule has 1 amide bonds. The number of rotatable bonds is 6. The summed E-state index contributed by atoms with van der Waals surface area (Å²) in [6.45, 7) is 3.61. The van der Waals surface area contributed by atoms with Crippen LogP contribution in [0, 0.1) is 5.92 Å². The molecule has 3 atom stereocenters. The largest absolute Gasteiger partial charge is 0.490 e. The Morgan fingerprint density at radius 1 is 1.05 bits per heavy atom. The summed E-state index contributed by atoms with van der Waals surface area (Å²) >= 11 is 1.81. The zero-order chi connectivity index (χ0) is 29.2. The summed E-state index contributed by atoms with van der Waals surface area (Å²) in [5.74, 6) is -4.89. The molecule has 2 saturated heterocycles. The fourth-order valence-corrected chi connectivity index (χ4v) is 4.56. The first kappa shape index (κ1) is 32.0. The minimum Gasteiger partial charge on any atom is -0.475 e. The van der Waals surface area contributed by atoms with Crippen LogP contribution in [0.5, 0.6) is 0 Å². The molecule has 2 aromatic heterocycles. The number of hydrogen-bond acceptors (Lipinski definition) is 7. The summed E-state index contributed by atoms with van der Waals surface area (Å²) in [4.78, 5) is 37.9. The number of hydrogen-bond donors (Lipinski definition) is 3. The standard InChI is InChI=1S/C19H23N3O2S.2C2HF3O2/c23-19(21-10-14-3-1-5-20-9-14)8-16-7-15-11-22(13-18(15)24-16)12-17-4-2-6-25-17;2*3-2(4,5)1(6)7/h1-6,9,15-16,18H,7-8,10-13H2,(H,21,23);2*(H,6,7)/t15-,16-,18+;;/m0../s1. The number of carboxylic acids is 2. The van der Waals surface area contributed by atoms with Crippen LogP contribution in [-0.4, -0.2) is 75.6 Å². The topological polar surface area (TPSA) is 129 Å². The molecule has 0 bridgehead atoms. The van der Waals surface area contributed by atoms with Gasteiger partial charge in [0.1, 0.15) is 0 Å². The Kier molecular flexibility index (Phi) is 11.7. The number of likely N-dealkylation sites (tertiary alicyclic amines) is 1. The lowest BCUT2D eigenvalue weighted by Crippen LogP contribution is -2.29. The fourth-order valence-electron chi connectivity index (χ4n) is 3.81. The van der Waals surface area contributed by atoms with Crippen LogP contribution in [0.1, 0.15) is 23.3 Å². The summed E-state index contributed by atoms with van der Waals surface area (Å²) in [7, 11) is 0. The number of fused-ring (bicyclic) bond motifs is 1. The molecule has 216 valence electrons. The highest BCUT2D eigenvalue weighted by atomic mass is 32.1. The second-order valence-corrected chi connectivity index (χ2v) is 9.55. The molecular formula is C23H25F6N3O6S. The molecule has 2 fully saturated rings. The molecule has 9 nitrogen and oxygen atoms in total. The van der Waals surface area contributed by atoms with Crippen LogP contribution in [0.3, 0.4) is 0 Å². The van der Waals surface area contributed by atoms with Crippen molar-refractivity contribution < 1.29 is 55.7 Å². The lowest BCUT2D eigenvalue weighted by Gasteiger charge is -2.18. The zero-order valence-corrected chi connectivity index (χ0v) is 20.9. The zero-order valence-electron chi connectivity index (χ0n) is 20.1. The van der Waals surface area contributed by atoms with Gasteiger partial charge < -0.3 is 20.3 Å². The molecule has 39 heavy (non-hydrogen) atoms. The molecular weight excluding hydrogens is 560 g/mol. The summed E-state index contributed by atoms with van der Waals surface area (Å²) in [5.41, 5.74) is 1.02. The third-order valence-corrected chi connectivity index (χ3v) is 6.32. The van der Waals surface area contributed by atoms with E-state index in [1.165, 1.54) is 4.88 Å². The van der Waals surface area contributed by atoms with E-state index in [-0.39, 0.29) is 18.1 Å². The number of aliphatic carboxylic acids is 2. The van der Waals surface area contributed by atoms with Gasteiger partial charge in [-0.15, -0.1) is 11.3 Å². The van der Waals surface area contributed by atoms with E-state index in [2.05, 4.69) is 32.7 Å². The van der Waals surface area contributed by atoms with Crippen LogP contribution in [0.15, 0.2) is 42.0 Å². The molecule has 0 spiro atoms. The number of nitrogens with zero attached hydrogens (tertiary/aromatic N) is 2. The van der Waals surface area contributed by atoms with Crippen molar-refractivity contribution in [2.24, 2.45) is 5.92 Å². The molecule has 2 aliphatic heterocycles. The second kappa shape index (κ2) is 14.2. The smallest absolute Gasteiger partial charge is 0.475 e. The first-order chi connectivity index (χ1) is 18.1. The van der Waals surface area contributed by atoms with E-state index in [0.717, 1.165) is 31.6 Å². The quantitative estimate of drug-likeness (QED) is 0.438. The molecule has 3 N–H and O–H groups in total. The predicted octanol–water partition coefficient (Wildman–Crippen LogP) is 3.71. The summed E-state index contributed by atoms with van der Waals surface area (Å²) in [6.07, 6.45) is -4.86. The normalized spacial score (nSPS) is 20.6. The van der Waals surface area contributed by atoms with Gasteiger partial charge in [-0.25, -0.2) is 9.59 Å². The number of pyridine rings is 1. The van der Waals surface area contributed by atoms with Gasteiger partial charge >= 0.3 is 24.3 Å². The number of halogens is 6. The Labute approximate surface area is 222 Å². The van der Waals surface area contributed by atoms with Gasteiger partial charge in [0.05, 0.1) is 18.6 Å². The van der Waals surface area contributed by atoms with E-state index in [0.29, 0.717) is 18.9 Å². The van der Waals surface area contributed by atoms with Gasteiger partial charge in [-0.05, 0) is 29.5 Å². The van der Waals surface area contributed by atoms with E-state index in [9.17, 15) is 31.1 Å². The Bertz CT molecular complexity index is 1030. The number of alkyl halides is 6. The number of nitrogens with one attached hydrogen (secondary N) is 1. The fraction of sp³-hybridized carbons (Fsp3) is 0.478. The highest BCUT2D eigenvalue weighted by Crippen LogP contribution is 2.35. The van der Waals surface area contributed by atoms with Gasteiger partial charge in [0.2, 0.25) is 5.91 Å². The summed E-state index contributed by atoms with van der Waals surface area (Å²) in [6, 6.07) is 8.14. The number of thiophene rings is 1. The Hall–Kier alpha value is -3.24. The van der Waals surface area contributed by atoms with Crippen LogP contribution in [0.25, 0.3) is 0 Å². The molecule has 16 heteroatoms. The third kappa shape index (κ3) is 11.6. The van der Waals surface area contributed by atoms with E-state index < -0.39 is 24.3 Å². The minimum absolute atomic E-state index is 0.0595. The highest BCUT2D eigenvalue weighted by Gasteiger charge is 2.42. The third-order valence-electron chi connectivity index (χ3n) is 5.46. The van der Waals surface area contributed by atoms with Crippen molar-refractivity contribution in [2.75, 3.05) is 13.1 Å². The first-order valence-corrected chi connectivity index (χ1v) is 12.2. The second-order valence-electron chi connectivity index (χ2n) is 8.51. The van der Waals surface area contributed by atoms with Crippen molar-refractivity contribution in [3.05, 3.63) is 52.5 Å². The predicted molar refractivity (Wildman–Crippen MR) is 124 cm³/mol. The summed E-state index contributed by atoms with van der Waals surface area (Å²) in [5, 5.41) is 19.3. The van der Waals surface area contributed by atoms with Crippen LogP contribution in [-0.2, 0) is 32.2 Å². The van der Waals surface area contributed by atoms with Gasteiger partial charge in [0, 0.05) is 49.4 Å². The highest BCUT2D eigenvalue weighted by molar-refractivity contribution is 7.09. The average molecular weight is 586 g/mol. The maximum absolute atomic E-state index is 12.1. The monoisotopic (exact) mass is 585 g/mol. The van der Waals surface area contributed by atoms with Crippen molar-refractivity contribution in [2.45, 2.75) is 50.5 Å². The number of carboxylic acid groups (broad SMARTS) is 2. The van der Waals surface area contributed by atoms with E-state index >= 15 is 0 Å². The molecule has 4 heterocycles. The van der Waals surface area contributed by atoms with E-state index in [1.54, 1.807) is 12.4 Å². The van der Waals surface area contributed by atoms with Gasteiger partial charge in [0.25, 0.3) is 0 Å². The van der Waals surface area contributed by atoms with Crippen molar-refractivity contribution in [1.29, 1.82) is 0 Å². The number of carbonyl (C=O) groups excluding carboxylic acids is 1. The van der Waals surface area contributed by atoms with Crippen molar-refractivity contribution in [1.82, 2.24) is 15.2 Å². The van der Waals surface area contributed by atoms with Crippen LogP contribution in [0.2, 0.25) is 0 Å². The average Bonchev–Trinajstić information content (AvgIpc) is 3.56. The molecule has 0 saturated carbocycles. The van der Waals surface area contributed by atoms with E-state index in [4.69, 9.17) is 24.5 Å². The molecule has 0 aromatic carbocycles. The van der Waals surface area contributed by atoms with Gasteiger partial charge in [-0.3, -0.25) is 14.7 Å². The Morgan fingerprint density at radius 2 is 1.69 bits per heavy atom. The Balaban J connectivity index is 0.000000317. The lowest BCUT2D eigenvalue weighted by molar-refractivity contribution is -0.193. The summed E-state index contributed by atoms with van der Waals surface area (Å²) < 4.78 is 69.6. The van der Waals surface area contributed by atoms with Crippen LogP contribution < -0.4 is 5.32 Å². The molecule has 0 unspecified atom stereocenters. The number of ether oxygens (including phenoxy) is 1. The SMILES string of the molecule is O=C(C[C@@H]1C[C@H]2CN(Cc3cccs3)C[C@H]2O1)NCc1cccnc1.O=C(O)C(F)(F)F.O=C(O)C(F)(F)F. The van der Waals surface area contributed by atoms with Gasteiger partial charge in [0.15, 0.2) is 0 Å². The Morgan fingerprint density at radius 3 is 2.18 bits per heavy atom. The molecule has 2 aromatic rings. The molecule has 2 aliphatic rings. The van der Waals surface area contributed by atoms with Crippen LogP contribution in [0.4, 0.5) is 26.3 Å². The number of carbonyl (C=O) groups is 3. The van der Waals surface area contributed by atoms with Crippen molar-refractivity contribution in [3.8, 4) is 0 Å². The van der Waals surface area contributed by atoms with Gasteiger partial charge in [-0.1, -0.05) is 12.1 Å². The van der Waals surface area contributed by atoms with Crippen molar-refractivity contribution in [3.63, 3.8) is 0 Å². The number of aromatic nitrogens is 1. The van der Waals surface area contributed by atoms with E-state index in [1.807, 2.05) is 23.5 Å². The lowest BCUT2D eigenvalue weighted by atomic mass is 10.0. The molecule has 4 rings (SSSR count). The molecule has 0 aliphatic carbocycles. The minimum atomic E-state index is -5.08. The van der Waals surface area contributed by atoms with Gasteiger partial charge in [-0.2, -0.15) is 26.3 Å². The maximum Gasteiger partial charge on any atom is 0.490 e.